The molecule has 3 aromatic rings. The summed E-state index contributed by atoms with van der Waals surface area (Å²) in [6.45, 7) is 2.14. The van der Waals surface area contributed by atoms with E-state index in [4.69, 9.17) is 9.15 Å². The fourth-order valence-electron chi connectivity index (χ4n) is 2.25. The summed E-state index contributed by atoms with van der Waals surface area (Å²) < 4.78 is 11.0. The molecule has 0 saturated heterocycles. The summed E-state index contributed by atoms with van der Waals surface area (Å²) in [7, 11) is 0. The number of amides is 1. The summed E-state index contributed by atoms with van der Waals surface area (Å²) in [5.74, 6) is 1.22. The summed E-state index contributed by atoms with van der Waals surface area (Å²) in [5.41, 5.74) is 1.06. The first-order chi connectivity index (χ1) is 12.7. The number of para-hydroxylation sites is 1. The monoisotopic (exact) mass is 369 g/mol. The molecule has 0 aliphatic rings. The van der Waals surface area contributed by atoms with Crippen molar-refractivity contribution in [2.45, 2.75) is 24.8 Å². The van der Waals surface area contributed by atoms with Crippen molar-refractivity contribution >= 4 is 17.7 Å². The molecule has 1 heterocycles. The molecule has 26 heavy (non-hydrogen) atoms. The van der Waals surface area contributed by atoms with Gasteiger partial charge in [0, 0.05) is 0 Å². The minimum atomic E-state index is -0.0911. The van der Waals surface area contributed by atoms with Gasteiger partial charge in [-0.15, -0.1) is 10.2 Å². The zero-order chi connectivity index (χ0) is 18.2. The van der Waals surface area contributed by atoms with Gasteiger partial charge < -0.3 is 14.5 Å². The van der Waals surface area contributed by atoms with E-state index in [1.807, 2.05) is 67.6 Å². The van der Waals surface area contributed by atoms with Crippen molar-refractivity contribution in [3.05, 3.63) is 72.1 Å². The van der Waals surface area contributed by atoms with E-state index in [2.05, 4.69) is 15.5 Å². The van der Waals surface area contributed by atoms with Crippen LogP contribution in [0.15, 0.2) is 70.3 Å². The predicted octanol–water partition coefficient (Wildman–Crippen LogP) is 3.62. The van der Waals surface area contributed by atoms with Crippen LogP contribution in [0.1, 0.15) is 24.4 Å². The zero-order valence-electron chi connectivity index (χ0n) is 14.3. The highest BCUT2D eigenvalue weighted by Gasteiger charge is 2.13. The number of nitrogens with zero attached hydrogens (tertiary/aromatic N) is 2. The maximum atomic E-state index is 12.1. The van der Waals surface area contributed by atoms with E-state index in [9.17, 15) is 4.79 Å². The Morgan fingerprint density at radius 2 is 1.81 bits per heavy atom. The van der Waals surface area contributed by atoms with Crippen LogP contribution >= 0.6 is 11.8 Å². The first kappa shape index (κ1) is 18.0. The van der Waals surface area contributed by atoms with Gasteiger partial charge >= 0.3 is 0 Å². The molecule has 1 atom stereocenters. The SMILES string of the molecule is C[C@@H](NC(=O)CSc1nnc(COc2ccccc2)o1)c1ccccc1. The number of carbonyl (C=O) groups is 1. The van der Waals surface area contributed by atoms with E-state index in [-0.39, 0.29) is 24.3 Å². The van der Waals surface area contributed by atoms with E-state index in [0.717, 1.165) is 11.3 Å². The van der Waals surface area contributed by atoms with E-state index in [1.165, 1.54) is 11.8 Å². The molecule has 0 spiro atoms. The second-order valence-electron chi connectivity index (χ2n) is 5.55. The Labute approximate surface area is 156 Å². The molecule has 0 aliphatic carbocycles. The normalized spacial score (nSPS) is 11.7. The molecule has 2 aromatic carbocycles. The first-order valence-electron chi connectivity index (χ1n) is 8.18. The average Bonchev–Trinajstić information content (AvgIpc) is 3.14. The van der Waals surface area contributed by atoms with Gasteiger partial charge in [-0.1, -0.05) is 60.3 Å². The largest absolute Gasteiger partial charge is 0.484 e. The fraction of sp³-hybridized carbons (Fsp3) is 0.211. The summed E-state index contributed by atoms with van der Waals surface area (Å²) in [6, 6.07) is 19.1. The van der Waals surface area contributed by atoms with Gasteiger partial charge in [0.05, 0.1) is 11.8 Å². The quantitative estimate of drug-likeness (QED) is 0.611. The minimum absolute atomic E-state index is 0.0539. The minimum Gasteiger partial charge on any atom is -0.484 e. The van der Waals surface area contributed by atoms with E-state index >= 15 is 0 Å². The third-order valence-electron chi connectivity index (χ3n) is 3.56. The molecule has 0 fully saturated rings. The van der Waals surface area contributed by atoms with Gasteiger partial charge in [0.15, 0.2) is 6.61 Å². The van der Waals surface area contributed by atoms with Crippen LogP contribution in [0.4, 0.5) is 0 Å². The van der Waals surface area contributed by atoms with Gasteiger partial charge in [0.25, 0.3) is 11.1 Å². The smallest absolute Gasteiger partial charge is 0.277 e. The lowest BCUT2D eigenvalue weighted by Crippen LogP contribution is -2.28. The molecule has 1 amide bonds. The standard InChI is InChI=1S/C19H19N3O3S/c1-14(15-8-4-2-5-9-15)20-17(23)13-26-19-22-21-18(25-19)12-24-16-10-6-3-7-11-16/h2-11,14H,12-13H2,1H3,(H,20,23)/t14-/m1/s1. The topological polar surface area (TPSA) is 77.2 Å². The van der Waals surface area contributed by atoms with Crippen LogP contribution in [0.3, 0.4) is 0 Å². The van der Waals surface area contributed by atoms with Gasteiger partial charge in [0.2, 0.25) is 5.91 Å². The second-order valence-corrected chi connectivity index (χ2v) is 6.48. The Kier molecular flexibility index (Phi) is 6.27. The summed E-state index contributed by atoms with van der Waals surface area (Å²) in [5, 5.41) is 11.1. The third kappa shape index (κ3) is 5.35. The number of nitrogens with one attached hydrogen (secondary N) is 1. The lowest BCUT2D eigenvalue weighted by molar-refractivity contribution is -0.119. The van der Waals surface area contributed by atoms with Crippen LogP contribution in [0.25, 0.3) is 0 Å². The molecular formula is C19H19N3O3S. The summed E-state index contributed by atoms with van der Waals surface area (Å²) in [6.07, 6.45) is 0. The van der Waals surface area contributed by atoms with Crippen LogP contribution in [-0.2, 0) is 11.4 Å². The van der Waals surface area contributed by atoms with Crippen molar-refractivity contribution in [1.29, 1.82) is 0 Å². The molecular weight excluding hydrogens is 350 g/mol. The molecule has 7 heteroatoms. The summed E-state index contributed by atoms with van der Waals surface area (Å²) >= 11 is 1.20. The van der Waals surface area contributed by atoms with Gasteiger partial charge in [-0.05, 0) is 24.6 Å². The van der Waals surface area contributed by atoms with Crippen LogP contribution in [-0.4, -0.2) is 21.9 Å². The number of ether oxygens (including phenoxy) is 1. The zero-order valence-corrected chi connectivity index (χ0v) is 15.1. The Morgan fingerprint density at radius 1 is 1.12 bits per heavy atom. The number of thioether (sulfide) groups is 1. The average molecular weight is 369 g/mol. The highest BCUT2D eigenvalue weighted by atomic mass is 32.2. The van der Waals surface area contributed by atoms with E-state index in [0.29, 0.717) is 11.1 Å². The van der Waals surface area contributed by atoms with Gasteiger partial charge in [-0.2, -0.15) is 0 Å². The first-order valence-corrected chi connectivity index (χ1v) is 9.16. The lowest BCUT2D eigenvalue weighted by Gasteiger charge is -2.13. The molecule has 0 radical (unpaired) electrons. The van der Waals surface area contributed by atoms with Crippen molar-refractivity contribution in [2.24, 2.45) is 0 Å². The van der Waals surface area contributed by atoms with E-state index < -0.39 is 0 Å². The Hall–Kier alpha value is -2.80. The second kappa shape index (κ2) is 9.05. The predicted molar refractivity (Wildman–Crippen MR) is 98.8 cm³/mol. The number of hydrogen-bond donors (Lipinski definition) is 1. The molecule has 6 nitrogen and oxygen atoms in total. The maximum Gasteiger partial charge on any atom is 0.277 e. The van der Waals surface area contributed by atoms with Crippen LogP contribution in [0, 0.1) is 0 Å². The van der Waals surface area contributed by atoms with Gasteiger partial charge in [-0.25, -0.2) is 0 Å². The Balaban J connectivity index is 1.43. The van der Waals surface area contributed by atoms with Crippen molar-refractivity contribution in [3.63, 3.8) is 0 Å². The molecule has 1 aromatic heterocycles. The van der Waals surface area contributed by atoms with E-state index in [1.54, 1.807) is 0 Å². The van der Waals surface area contributed by atoms with Crippen molar-refractivity contribution < 1.29 is 13.9 Å². The highest BCUT2D eigenvalue weighted by Crippen LogP contribution is 2.18. The lowest BCUT2D eigenvalue weighted by atomic mass is 10.1. The third-order valence-corrected chi connectivity index (χ3v) is 4.38. The molecule has 0 unspecified atom stereocenters. The van der Waals surface area contributed by atoms with Gasteiger partial charge in [-0.3, -0.25) is 4.79 Å². The number of rotatable bonds is 8. The Morgan fingerprint density at radius 3 is 2.54 bits per heavy atom. The molecule has 1 N–H and O–H groups in total. The molecule has 0 bridgehead atoms. The number of benzene rings is 2. The Bertz CT molecular complexity index is 824. The number of aromatic nitrogens is 2. The number of hydrogen-bond acceptors (Lipinski definition) is 6. The molecule has 134 valence electrons. The summed E-state index contributed by atoms with van der Waals surface area (Å²) in [4.78, 5) is 12.1. The maximum absolute atomic E-state index is 12.1. The van der Waals surface area contributed by atoms with Crippen LogP contribution < -0.4 is 10.1 Å². The fourth-order valence-corrected chi connectivity index (χ4v) is 2.84. The molecule has 0 aliphatic heterocycles. The molecule has 0 saturated carbocycles. The van der Waals surface area contributed by atoms with Gasteiger partial charge in [0.1, 0.15) is 5.75 Å². The van der Waals surface area contributed by atoms with Crippen molar-refractivity contribution in [2.75, 3.05) is 5.75 Å². The van der Waals surface area contributed by atoms with Crippen LogP contribution in [0.5, 0.6) is 5.75 Å². The van der Waals surface area contributed by atoms with Crippen LogP contribution in [0.2, 0.25) is 0 Å². The highest BCUT2D eigenvalue weighted by molar-refractivity contribution is 7.99. The van der Waals surface area contributed by atoms with Crippen molar-refractivity contribution in [1.82, 2.24) is 15.5 Å². The number of carbonyl (C=O) groups excluding carboxylic acids is 1. The molecule has 3 rings (SSSR count). The van der Waals surface area contributed by atoms with Crippen molar-refractivity contribution in [3.8, 4) is 5.75 Å².